The van der Waals surface area contributed by atoms with Gasteiger partial charge in [-0.15, -0.1) is 0 Å². The molecule has 140 valence electrons. The van der Waals surface area contributed by atoms with Crippen LogP contribution in [0.25, 0.3) is 21.0 Å². The van der Waals surface area contributed by atoms with E-state index in [4.69, 9.17) is 0 Å². The van der Waals surface area contributed by atoms with Gasteiger partial charge in [0.2, 0.25) is 5.91 Å². The Balaban J connectivity index is 1.57. The molecule has 0 atom stereocenters. The van der Waals surface area contributed by atoms with Crippen LogP contribution in [-0.2, 0) is 4.79 Å². The average molecular weight is 389 g/mol. The van der Waals surface area contributed by atoms with Gasteiger partial charge in [-0.25, -0.2) is 4.98 Å². The summed E-state index contributed by atoms with van der Waals surface area (Å²) in [6.07, 6.45) is 1.27. The molecule has 0 aliphatic heterocycles. The molecule has 0 radical (unpaired) electrons. The van der Waals surface area contributed by atoms with Gasteiger partial charge >= 0.3 is 0 Å². The summed E-state index contributed by atoms with van der Waals surface area (Å²) in [7, 11) is 0. The lowest BCUT2D eigenvalue weighted by Gasteiger charge is -2.08. The van der Waals surface area contributed by atoms with E-state index in [1.165, 1.54) is 11.3 Å². The highest BCUT2D eigenvalue weighted by molar-refractivity contribution is 7.22. The van der Waals surface area contributed by atoms with Crippen LogP contribution in [0.1, 0.15) is 30.1 Å². The Morgan fingerprint density at radius 3 is 2.68 bits per heavy atom. The number of amides is 2. The van der Waals surface area contributed by atoms with Gasteiger partial charge < -0.3 is 10.6 Å². The zero-order valence-electron chi connectivity index (χ0n) is 15.4. The standard InChI is InChI=1S/C22H19N3O2S/c1-2-6-20(26)25-22-24-18-12-11-15(13-19(18)28-22)23-21(27)17-10-5-8-14-7-3-4-9-16(14)17/h3-5,7-13H,2,6H2,1H3,(H,23,27)(H,24,25,26). The van der Waals surface area contributed by atoms with Crippen molar-refractivity contribution >= 4 is 55.0 Å². The van der Waals surface area contributed by atoms with Crippen LogP contribution in [0.3, 0.4) is 0 Å². The number of hydrogen-bond donors (Lipinski definition) is 2. The van der Waals surface area contributed by atoms with Crippen molar-refractivity contribution in [1.82, 2.24) is 4.98 Å². The van der Waals surface area contributed by atoms with Crippen molar-refractivity contribution < 1.29 is 9.59 Å². The van der Waals surface area contributed by atoms with Gasteiger partial charge in [-0.05, 0) is 41.5 Å². The molecule has 0 saturated carbocycles. The lowest BCUT2D eigenvalue weighted by molar-refractivity contribution is -0.116. The molecule has 0 saturated heterocycles. The Bertz CT molecular complexity index is 1180. The highest BCUT2D eigenvalue weighted by Crippen LogP contribution is 2.29. The van der Waals surface area contributed by atoms with Crippen molar-refractivity contribution in [2.24, 2.45) is 0 Å². The largest absolute Gasteiger partial charge is 0.322 e. The van der Waals surface area contributed by atoms with Crippen LogP contribution in [0.4, 0.5) is 10.8 Å². The molecule has 6 heteroatoms. The van der Waals surface area contributed by atoms with Crippen LogP contribution in [0.15, 0.2) is 60.7 Å². The normalized spacial score (nSPS) is 10.9. The van der Waals surface area contributed by atoms with E-state index in [-0.39, 0.29) is 11.8 Å². The van der Waals surface area contributed by atoms with Crippen molar-refractivity contribution in [3.8, 4) is 0 Å². The average Bonchev–Trinajstić information content (AvgIpc) is 3.09. The van der Waals surface area contributed by atoms with Gasteiger partial charge in [0.25, 0.3) is 5.91 Å². The van der Waals surface area contributed by atoms with Gasteiger partial charge in [0.15, 0.2) is 5.13 Å². The molecule has 2 amide bonds. The second-order valence-electron chi connectivity index (χ2n) is 6.48. The fourth-order valence-corrected chi connectivity index (χ4v) is 4.01. The second-order valence-corrected chi connectivity index (χ2v) is 7.51. The van der Waals surface area contributed by atoms with E-state index < -0.39 is 0 Å². The molecule has 4 aromatic rings. The van der Waals surface area contributed by atoms with Crippen LogP contribution < -0.4 is 10.6 Å². The summed E-state index contributed by atoms with van der Waals surface area (Å²) < 4.78 is 0.905. The summed E-state index contributed by atoms with van der Waals surface area (Å²) in [5.41, 5.74) is 2.12. The number of carbonyl (C=O) groups excluding carboxylic acids is 2. The summed E-state index contributed by atoms with van der Waals surface area (Å²) >= 11 is 1.40. The van der Waals surface area contributed by atoms with E-state index in [9.17, 15) is 9.59 Å². The number of benzene rings is 3. The molecule has 2 N–H and O–H groups in total. The first-order valence-electron chi connectivity index (χ1n) is 9.13. The zero-order valence-corrected chi connectivity index (χ0v) is 16.2. The quantitative estimate of drug-likeness (QED) is 0.477. The number of nitrogens with one attached hydrogen (secondary N) is 2. The number of nitrogens with zero attached hydrogens (tertiary/aromatic N) is 1. The van der Waals surface area contributed by atoms with E-state index in [0.29, 0.717) is 22.8 Å². The number of rotatable bonds is 5. The summed E-state index contributed by atoms with van der Waals surface area (Å²) in [5.74, 6) is -0.192. The predicted molar refractivity (Wildman–Crippen MR) is 115 cm³/mol. The number of fused-ring (bicyclic) bond motifs is 2. The van der Waals surface area contributed by atoms with Crippen molar-refractivity contribution in [2.75, 3.05) is 10.6 Å². The molecule has 28 heavy (non-hydrogen) atoms. The van der Waals surface area contributed by atoms with E-state index in [1.807, 2.05) is 67.6 Å². The molecular weight excluding hydrogens is 370 g/mol. The lowest BCUT2D eigenvalue weighted by atomic mass is 10.0. The Hall–Kier alpha value is -3.25. The molecular formula is C22H19N3O2S. The first kappa shape index (κ1) is 18.1. The van der Waals surface area contributed by atoms with Crippen molar-refractivity contribution in [1.29, 1.82) is 0 Å². The van der Waals surface area contributed by atoms with Gasteiger partial charge in [-0.1, -0.05) is 54.7 Å². The lowest BCUT2D eigenvalue weighted by Crippen LogP contribution is -2.12. The first-order chi connectivity index (χ1) is 13.6. The minimum absolute atomic E-state index is 0.0361. The van der Waals surface area contributed by atoms with Crippen molar-refractivity contribution in [2.45, 2.75) is 19.8 Å². The minimum Gasteiger partial charge on any atom is -0.322 e. The number of anilines is 2. The Kier molecular flexibility index (Phi) is 5.04. The molecule has 1 heterocycles. The highest BCUT2D eigenvalue weighted by Gasteiger charge is 2.12. The number of hydrogen-bond acceptors (Lipinski definition) is 4. The minimum atomic E-state index is -0.155. The van der Waals surface area contributed by atoms with Crippen LogP contribution >= 0.6 is 11.3 Å². The van der Waals surface area contributed by atoms with E-state index in [1.54, 1.807) is 0 Å². The van der Waals surface area contributed by atoms with Crippen molar-refractivity contribution in [3.05, 3.63) is 66.2 Å². The van der Waals surface area contributed by atoms with Crippen LogP contribution in [0, 0.1) is 0 Å². The van der Waals surface area contributed by atoms with Crippen LogP contribution in [0.2, 0.25) is 0 Å². The summed E-state index contributed by atoms with van der Waals surface area (Å²) in [6, 6.07) is 19.1. The first-order valence-corrected chi connectivity index (χ1v) is 9.95. The SMILES string of the molecule is CCCC(=O)Nc1nc2ccc(NC(=O)c3cccc4ccccc34)cc2s1. The van der Waals surface area contributed by atoms with Gasteiger partial charge in [-0.2, -0.15) is 0 Å². The Morgan fingerprint density at radius 1 is 1.00 bits per heavy atom. The van der Waals surface area contributed by atoms with E-state index >= 15 is 0 Å². The third kappa shape index (κ3) is 3.73. The van der Waals surface area contributed by atoms with Gasteiger partial charge in [0, 0.05) is 17.7 Å². The number of carbonyl (C=O) groups is 2. The molecule has 0 aliphatic rings. The van der Waals surface area contributed by atoms with E-state index in [2.05, 4.69) is 15.6 Å². The third-order valence-corrected chi connectivity index (χ3v) is 5.34. The molecule has 0 fully saturated rings. The van der Waals surface area contributed by atoms with Gasteiger partial charge in [-0.3, -0.25) is 9.59 Å². The summed E-state index contributed by atoms with van der Waals surface area (Å²) in [5, 5.41) is 8.31. The van der Waals surface area contributed by atoms with Gasteiger partial charge in [0.05, 0.1) is 10.2 Å². The monoisotopic (exact) mass is 389 g/mol. The Labute approximate surface area is 166 Å². The maximum absolute atomic E-state index is 12.8. The second kappa shape index (κ2) is 7.78. The van der Waals surface area contributed by atoms with Crippen molar-refractivity contribution in [3.63, 3.8) is 0 Å². The molecule has 0 unspecified atom stereocenters. The predicted octanol–water partition coefficient (Wildman–Crippen LogP) is 5.44. The molecule has 5 nitrogen and oxygen atoms in total. The molecule has 4 rings (SSSR count). The molecule has 1 aromatic heterocycles. The molecule has 3 aromatic carbocycles. The summed E-state index contributed by atoms with van der Waals surface area (Å²) in [6.45, 7) is 1.96. The molecule has 0 spiro atoms. The number of thiazole rings is 1. The molecule has 0 bridgehead atoms. The topological polar surface area (TPSA) is 71.1 Å². The maximum atomic E-state index is 12.8. The van der Waals surface area contributed by atoms with Crippen LogP contribution in [0.5, 0.6) is 0 Å². The highest BCUT2D eigenvalue weighted by atomic mass is 32.1. The van der Waals surface area contributed by atoms with Crippen LogP contribution in [-0.4, -0.2) is 16.8 Å². The maximum Gasteiger partial charge on any atom is 0.256 e. The molecule has 0 aliphatic carbocycles. The third-order valence-electron chi connectivity index (χ3n) is 4.40. The fourth-order valence-electron chi connectivity index (χ4n) is 3.09. The van der Waals surface area contributed by atoms with Gasteiger partial charge in [0.1, 0.15) is 0 Å². The summed E-state index contributed by atoms with van der Waals surface area (Å²) in [4.78, 5) is 29.0. The zero-order chi connectivity index (χ0) is 19.5. The smallest absolute Gasteiger partial charge is 0.256 e. The van der Waals surface area contributed by atoms with E-state index in [0.717, 1.165) is 27.4 Å². The number of aromatic nitrogens is 1. The Morgan fingerprint density at radius 2 is 1.82 bits per heavy atom. The fraction of sp³-hybridized carbons (Fsp3) is 0.136.